The maximum absolute atomic E-state index is 12.4. The molecule has 0 saturated carbocycles. The summed E-state index contributed by atoms with van der Waals surface area (Å²) in [5.74, 6) is 1.75. The molecule has 152 valence electrons. The van der Waals surface area contributed by atoms with Crippen LogP contribution in [0.5, 0.6) is 23.0 Å². The third kappa shape index (κ3) is 5.02. The van der Waals surface area contributed by atoms with Gasteiger partial charge in [0.1, 0.15) is 0 Å². The van der Waals surface area contributed by atoms with E-state index in [1.807, 2.05) is 12.1 Å². The Labute approximate surface area is 168 Å². The first-order chi connectivity index (χ1) is 14.1. The van der Waals surface area contributed by atoms with Crippen molar-refractivity contribution in [1.82, 2.24) is 20.7 Å². The molecule has 1 amide bonds. The van der Waals surface area contributed by atoms with Crippen LogP contribution in [-0.2, 0) is 13.0 Å². The zero-order chi connectivity index (χ0) is 20.6. The van der Waals surface area contributed by atoms with E-state index in [0.717, 1.165) is 11.3 Å². The number of hydrogen-bond donors (Lipinski definition) is 3. The Kier molecular flexibility index (Phi) is 6.64. The fraction of sp³-hybridized carbons (Fsp3) is 0.250. The first-order valence-electron chi connectivity index (χ1n) is 9.00. The van der Waals surface area contributed by atoms with Crippen molar-refractivity contribution in [2.24, 2.45) is 5.73 Å². The number of ether oxygens (including phenoxy) is 3. The van der Waals surface area contributed by atoms with Crippen LogP contribution in [0, 0.1) is 0 Å². The lowest BCUT2D eigenvalue weighted by molar-refractivity contribution is 0.0953. The number of H-pyrrole nitrogens is 1. The SMILES string of the molecule is COc1cc(CN)ccc1Oc1ccc(C(=O)NCCc2cn[nH]n2)cc1OC. The predicted molar refractivity (Wildman–Crippen MR) is 106 cm³/mol. The zero-order valence-electron chi connectivity index (χ0n) is 16.3. The maximum Gasteiger partial charge on any atom is 0.251 e. The van der Waals surface area contributed by atoms with Gasteiger partial charge in [0.15, 0.2) is 23.0 Å². The standard InChI is InChI=1S/C20H23N5O4/c1-27-18-9-13(11-21)3-5-16(18)29-17-6-4-14(10-19(17)28-2)20(26)22-8-7-15-12-23-25-24-15/h3-6,9-10,12H,7-8,11,21H2,1-2H3,(H,22,26)(H,23,24,25). The molecular weight excluding hydrogens is 374 g/mol. The first kappa shape index (κ1) is 20.2. The van der Waals surface area contributed by atoms with Gasteiger partial charge in [-0.05, 0) is 35.9 Å². The lowest BCUT2D eigenvalue weighted by Crippen LogP contribution is -2.25. The van der Waals surface area contributed by atoms with Crippen LogP contribution in [0.3, 0.4) is 0 Å². The van der Waals surface area contributed by atoms with Crippen molar-refractivity contribution in [3.05, 3.63) is 59.4 Å². The number of aromatic nitrogens is 3. The Morgan fingerprint density at radius 2 is 1.79 bits per heavy atom. The minimum Gasteiger partial charge on any atom is -0.493 e. The van der Waals surface area contributed by atoms with Gasteiger partial charge in [-0.2, -0.15) is 15.4 Å². The van der Waals surface area contributed by atoms with Crippen molar-refractivity contribution in [3.63, 3.8) is 0 Å². The number of nitrogens with one attached hydrogen (secondary N) is 2. The van der Waals surface area contributed by atoms with Crippen molar-refractivity contribution in [2.45, 2.75) is 13.0 Å². The molecule has 0 radical (unpaired) electrons. The van der Waals surface area contributed by atoms with Crippen molar-refractivity contribution < 1.29 is 19.0 Å². The van der Waals surface area contributed by atoms with Crippen LogP contribution in [-0.4, -0.2) is 42.1 Å². The van der Waals surface area contributed by atoms with Crippen LogP contribution < -0.4 is 25.3 Å². The van der Waals surface area contributed by atoms with E-state index in [1.165, 1.54) is 7.11 Å². The molecule has 3 aromatic rings. The van der Waals surface area contributed by atoms with Gasteiger partial charge >= 0.3 is 0 Å². The summed E-state index contributed by atoms with van der Waals surface area (Å²) in [6, 6.07) is 10.4. The Hall–Kier alpha value is -3.59. The Bertz CT molecular complexity index is 960. The molecule has 0 unspecified atom stereocenters. The molecule has 0 aliphatic carbocycles. The first-order valence-corrected chi connectivity index (χ1v) is 9.00. The highest BCUT2D eigenvalue weighted by Crippen LogP contribution is 2.37. The molecule has 9 nitrogen and oxygen atoms in total. The molecule has 2 aromatic carbocycles. The average molecular weight is 397 g/mol. The van der Waals surface area contributed by atoms with Crippen LogP contribution in [0.4, 0.5) is 0 Å². The molecule has 9 heteroatoms. The highest BCUT2D eigenvalue weighted by Gasteiger charge is 2.14. The number of amides is 1. The lowest BCUT2D eigenvalue weighted by atomic mass is 10.1. The Balaban J connectivity index is 1.70. The van der Waals surface area contributed by atoms with E-state index in [-0.39, 0.29) is 5.91 Å². The summed E-state index contributed by atoms with van der Waals surface area (Å²) in [6.45, 7) is 0.844. The molecule has 0 aliphatic heterocycles. The highest BCUT2D eigenvalue weighted by molar-refractivity contribution is 5.94. The number of nitrogens with two attached hydrogens (primary N) is 1. The number of hydrogen-bond acceptors (Lipinski definition) is 7. The third-order valence-corrected chi connectivity index (χ3v) is 4.24. The number of nitrogens with zero attached hydrogens (tertiary/aromatic N) is 2. The third-order valence-electron chi connectivity index (χ3n) is 4.24. The number of aromatic amines is 1. The van der Waals surface area contributed by atoms with Gasteiger partial charge in [0.2, 0.25) is 0 Å². The number of carbonyl (C=O) groups excluding carboxylic acids is 1. The summed E-state index contributed by atoms with van der Waals surface area (Å²) in [6.07, 6.45) is 2.20. The van der Waals surface area contributed by atoms with Crippen LogP contribution in [0.25, 0.3) is 0 Å². The molecule has 29 heavy (non-hydrogen) atoms. The molecule has 0 aliphatic rings. The normalized spacial score (nSPS) is 10.4. The Morgan fingerprint density at radius 3 is 2.45 bits per heavy atom. The van der Waals surface area contributed by atoms with Gasteiger partial charge in [-0.3, -0.25) is 4.79 Å². The van der Waals surface area contributed by atoms with Gasteiger partial charge < -0.3 is 25.3 Å². The summed E-state index contributed by atoms with van der Waals surface area (Å²) in [7, 11) is 3.08. The van der Waals surface area contributed by atoms with E-state index < -0.39 is 0 Å². The number of benzene rings is 2. The molecular formula is C20H23N5O4. The summed E-state index contributed by atoms with van der Waals surface area (Å²) >= 11 is 0. The van der Waals surface area contributed by atoms with Crippen molar-refractivity contribution in [2.75, 3.05) is 20.8 Å². The Morgan fingerprint density at radius 1 is 1.07 bits per heavy atom. The van der Waals surface area contributed by atoms with E-state index in [1.54, 1.807) is 37.6 Å². The van der Waals surface area contributed by atoms with Crippen molar-refractivity contribution in [1.29, 1.82) is 0 Å². The van der Waals surface area contributed by atoms with Gasteiger partial charge in [0.25, 0.3) is 5.91 Å². The number of carbonyl (C=O) groups is 1. The average Bonchev–Trinajstić information content (AvgIpc) is 3.27. The second kappa shape index (κ2) is 9.56. The van der Waals surface area contributed by atoms with Crippen LogP contribution in [0.2, 0.25) is 0 Å². The molecule has 1 aromatic heterocycles. The summed E-state index contributed by atoms with van der Waals surface area (Å²) in [5.41, 5.74) is 7.83. The summed E-state index contributed by atoms with van der Waals surface area (Å²) < 4.78 is 16.7. The quantitative estimate of drug-likeness (QED) is 0.505. The largest absolute Gasteiger partial charge is 0.493 e. The monoisotopic (exact) mass is 397 g/mol. The van der Waals surface area contributed by atoms with E-state index >= 15 is 0 Å². The zero-order valence-corrected chi connectivity index (χ0v) is 16.3. The molecule has 4 N–H and O–H groups in total. The molecule has 0 saturated heterocycles. The molecule has 0 spiro atoms. The fourth-order valence-corrected chi connectivity index (χ4v) is 2.69. The van der Waals surface area contributed by atoms with Gasteiger partial charge in [-0.15, -0.1) is 0 Å². The highest BCUT2D eigenvalue weighted by atomic mass is 16.5. The molecule has 0 bridgehead atoms. The lowest BCUT2D eigenvalue weighted by Gasteiger charge is -2.14. The van der Waals surface area contributed by atoms with Gasteiger partial charge in [-0.25, -0.2) is 0 Å². The number of methoxy groups -OCH3 is 2. The molecule has 0 atom stereocenters. The van der Waals surface area contributed by atoms with Crippen molar-refractivity contribution >= 4 is 5.91 Å². The van der Waals surface area contributed by atoms with Gasteiger partial charge in [0, 0.05) is 25.1 Å². The van der Waals surface area contributed by atoms with Gasteiger partial charge in [0.05, 0.1) is 26.1 Å². The molecule has 1 heterocycles. The van der Waals surface area contributed by atoms with E-state index in [2.05, 4.69) is 20.7 Å². The van der Waals surface area contributed by atoms with E-state index in [4.69, 9.17) is 19.9 Å². The van der Waals surface area contributed by atoms with Crippen molar-refractivity contribution in [3.8, 4) is 23.0 Å². The second-order valence-corrected chi connectivity index (χ2v) is 6.12. The minimum absolute atomic E-state index is 0.219. The van der Waals surface area contributed by atoms with Gasteiger partial charge in [-0.1, -0.05) is 6.07 Å². The summed E-state index contributed by atoms with van der Waals surface area (Å²) in [5, 5.41) is 13.1. The second-order valence-electron chi connectivity index (χ2n) is 6.12. The number of rotatable bonds is 9. The van der Waals surface area contributed by atoms with Crippen LogP contribution >= 0.6 is 0 Å². The maximum atomic E-state index is 12.4. The molecule has 0 fully saturated rings. The van der Waals surface area contributed by atoms with Crippen LogP contribution in [0.1, 0.15) is 21.6 Å². The smallest absolute Gasteiger partial charge is 0.251 e. The van der Waals surface area contributed by atoms with E-state index in [0.29, 0.717) is 48.1 Å². The van der Waals surface area contributed by atoms with E-state index in [9.17, 15) is 4.79 Å². The summed E-state index contributed by atoms with van der Waals surface area (Å²) in [4.78, 5) is 12.4. The predicted octanol–water partition coefficient (Wildman–Crippen LogP) is 2.05. The topological polar surface area (TPSA) is 124 Å². The van der Waals surface area contributed by atoms with Crippen LogP contribution in [0.15, 0.2) is 42.6 Å². The fourth-order valence-electron chi connectivity index (χ4n) is 2.69. The molecule has 3 rings (SSSR count). The minimum atomic E-state index is -0.219.